The molecule has 0 aromatic heterocycles. The van der Waals surface area contributed by atoms with E-state index in [4.69, 9.17) is 14.2 Å². The summed E-state index contributed by atoms with van der Waals surface area (Å²) in [7, 11) is 1.69. The Hall–Kier alpha value is -0.900. The molecular weight excluding hydrogens is 216 g/mol. The monoisotopic (exact) mass is 236 g/mol. The zero-order chi connectivity index (χ0) is 11.9. The topological polar surface area (TPSA) is 27.7 Å². The summed E-state index contributed by atoms with van der Waals surface area (Å²) in [5.74, 6) is 0. The van der Waals surface area contributed by atoms with Crippen LogP contribution < -0.4 is 0 Å². The van der Waals surface area contributed by atoms with Crippen LogP contribution in [0.25, 0.3) is 0 Å². The van der Waals surface area contributed by atoms with Gasteiger partial charge in [0.1, 0.15) is 0 Å². The van der Waals surface area contributed by atoms with E-state index in [1.165, 1.54) is 5.56 Å². The maximum atomic E-state index is 5.73. The summed E-state index contributed by atoms with van der Waals surface area (Å²) >= 11 is 0. The van der Waals surface area contributed by atoms with Crippen molar-refractivity contribution in [3.63, 3.8) is 0 Å². The Bertz CT molecular complexity index is 313. The second-order valence-corrected chi connectivity index (χ2v) is 4.35. The molecule has 1 fully saturated rings. The van der Waals surface area contributed by atoms with Gasteiger partial charge in [0.25, 0.3) is 0 Å². The third kappa shape index (κ3) is 4.11. The van der Waals surface area contributed by atoms with E-state index in [2.05, 4.69) is 12.1 Å². The van der Waals surface area contributed by atoms with E-state index in [-0.39, 0.29) is 12.4 Å². The molecule has 1 aromatic carbocycles. The second kappa shape index (κ2) is 6.74. The van der Waals surface area contributed by atoms with Crippen LogP contribution in [0, 0.1) is 0 Å². The van der Waals surface area contributed by atoms with E-state index in [1.54, 1.807) is 7.11 Å². The summed E-state index contributed by atoms with van der Waals surface area (Å²) in [4.78, 5) is 0. The molecule has 3 heteroatoms. The maximum absolute atomic E-state index is 5.73. The third-order valence-electron chi connectivity index (χ3n) is 2.99. The second-order valence-electron chi connectivity index (χ2n) is 4.35. The highest BCUT2D eigenvalue weighted by molar-refractivity contribution is 5.13. The lowest BCUT2D eigenvalue weighted by molar-refractivity contribution is -0.193. The highest BCUT2D eigenvalue weighted by atomic mass is 16.7. The number of rotatable bonds is 5. The molecule has 0 spiro atoms. The zero-order valence-corrected chi connectivity index (χ0v) is 10.3. The molecule has 1 saturated heterocycles. The number of methoxy groups -OCH3 is 1. The number of hydrogen-bond donors (Lipinski definition) is 0. The molecule has 1 aliphatic rings. The van der Waals surface area contributed by atoms with Gasteiger partial charge in [0, 0.05) is 7.11 Å². The molecule has 1 heterocycles. The molecule has 3 nitrogen and oxygen atoms in total. The molecule has 0 bridgehead atoms. The van der Waals surface area contributed by atoms with Crippen LogP contribution in [0.1, 0.15) is 24.8 Å². The molecule has 1 unspecified atom stereocenters. The van der Waals surface area contributed by atoms with Gasteiger partial charge in [-0.25, -0.2) is 0 Å². The Morgan fingerprint density at radius 2 is 2.06 bits per heavy atom. The Morgan fingerprint density at radius 3 is 2.82 bits per heavy atom. The first-order valence-electron chi connectivity index (χ1n) is 6.18. The average Bonchev–Trinajstić information content (AvgIpc) is 2.40. The molecule has 0 aliphatic carbocycles. The molecule has 94 valence electrons. The molecule has 1 aliphatic heterocycles. The molecule has 2 atom stereocenters. The number of hydrogen-bond acceptors (Lipinski definition) is 3. The van der Waals surface area contributed by atoms with Crippen molar-refractivity contribution in [2.75, 3.05) is 13.7 Å². The van der Waals surface area contributed by atoms with Crippen LogP contribution in [0.5, 0.6) is 0 Å². The van der Waals surface area contributed by atoms with E-state index >= 15 is 0 Å². The fourth-order valence-electron chi connectivity index (χ4n) is 2.04. The first-order chi connectivity index (χ1) is 8.38. The smallest absolute Gasteiger partial charge is 0.157 e. The minimum absolute atomic E-state index is 0.0472. The van der Waals surface area contributed by atoms with Crippen molar-refractivity contribution >= 4 is 0 Å². The largest absolute Gasteiger partial charge is 0.374 e. The van der Waals surface area contributed by atoms with Crippen molar-refractivity contribution < 1.29 is 14.2 Å². The predicted octanol–water partition coefficient (Wildman–Crippen LogP) is 2.74. The summed E-state index contributed by atoms with van der Waals surface area (Å²) in [6.45, 7) is 1.30. The van der Waals surface area contributed by atoms with Crippen LogP contribution in [0.2, 0.25) is 0 Å². The fraction of sp³-hybridized carbons (Fsp3) is 0.571. The standard InChI is InChI=1S/C14H20O3/c1-15-14-9-5-8-13(17-14)11-16-10-12-6-3-2-4-7-12/h2-4,6-7,13-14H,5,8-11H2,1H3/t13-,14?/m0/s1. The van der Waals surface area contributed by atoms with Gasteiger partial charge in [-0.1, -0.05) is 30.3 Å². The first kappa shape index (κ1) is 12.6. The van der Waals surface area contributed by atoms with Crippen molar-refractivity contribution in [1.29, 1.82) is 0 Å². The lowest BCUT2D eigenvalue weighted by atomic mass is 10.1. The van der Waals surface area contributed by atoms with Crippen LogP contribution in [0.15, 0.2) is 30.3 Å². The summed E-state index contributed by atoms with van der Waals surface area (Å²) in [5, 5.41) is 0. The van der Waals surface area contributed by atoms with Crippen molar-refractivity contribution in [2.45, 2.75) is 38.3 Å². The molecular formula is C14H20O3. The van der Waals surface area contributed by atoms with Gasteiger partial charge in [0.15, 0.2) is 6.29 Å². The van der Waals surface area contributed by atoms with Gasteiger partial charge in [-0.2, -0.15) is 0 Å². The lowest BCUT2D eigenvalue weighted by Gasteiger charge is -2.28. The Morgan fingerprint density at radius 1 is 1.24 bits per heavy atom. The van der Waals surface area contributed by atoms with Gasteiger partial charge >= 0.3 is 0 Å². The van der Waals surface area contributed by atoms with E-state index < -0.39 is 0 Å². The normalized spacial score (nSPS) is 24.8. The SMILES string of the molecule is COC1CCC[C@@H](COCc2ccccc2)O1. The highest BCUT2D eigenvalue weighted by Gasteiger charge is 2.21. The zero-order valence-electron chi connectivity index (χ0n) is 10.3. The maximum Gasteiger partial charge on any atom is 0.157 e. The predicted molar refractivity (Wildman–Crippen MR) is 65.6 cm³/mol. The van der Waals surface area contributed by atoms with E-state index in [0.717, 1.165) is 19.3 Å². The molecule has 17 heavy (non-hydrogen) atoms. The minimum Gasteiger partial charge on any atom is -0.374 e. The Balaban J connectivity index is 1.68. The van der Waals surface area contributed by atoms with Gasteiger partial charge in [0.05, 0.1) is 19.3 Å². The summed E-state index contributed by atoms with van der Waals surface area (Å²) < 4.78 is 16.6. The average molecular weight is 236 g/mol. The Labute approximate surface area is 103 Å². The van der Waals surface area contributed by atoms with Crippen LogP contribution in [-0.4, -0.2) is 26.1 Å². The molecule has 2 rings (SSSR count). The molecule has 1 aromatic rings. The third-order valence-corrected chi connectivity index (χ3v) is 2.99. The van der Waals surface area contributed by atoms with Crippen molar-refractivity contribution in [3.05, 3.63) is 35.9 Å². The number of ether oxygens (including phenoxy) is 3. The van der Waals surface area contributed by atoms with Gasteiger partial charge in [-0.3, -0.25) is 0 Å². The quantitative estimate of drug-likeness (QED) is 0.786. The Kier molecular flexibility index (Phi) is 4.98. The molecule has 0 radical (unpaired) electrons. The summed E-state index contributed by atoms with van der Waals surface area (Å²) in [6.07, 6.45) is 3.34. The molecule has 0 N–H and O–H groups in total. The number of benzene rings is 1. The summed E-state index contributed by atoms with van der Waals surface area (Å²) in [5.41, 5.74) is 1.20. The molecule has 0 saturated carbocycles. The van der Waals surface area contributed by atoms with Gasteiger partial charge in [-0.05, 0) is 24.8 Å². The lowest BCUT2D eigenvalue weighted by Crippen LogP contribution is -2.32. The van der Waals surface area contributed by atoms with Crippen LogP contribution in [-0.2, 0) is 20.8 Å². The van der Waals surface area contributed by atoms with Gasteiger partial charge in [0.2, 0.25) is 0 Å². The van der Waals surface area contributed by atoms with E-state index in [9.17, 15) is 0 Å². The molecule has 0 amide bonds. The van der Waals surface area contributed by atoms with E-state index in [1.807, 2.05) is 18.2 Å². The highest BCUT2D eigenvalue weighted by Crippen LogP contribution is 2.19. The van der Waals surface area contributed by atoms with Gasteiger partial charge in [-0.15, -0.1) is 0 Å². The van der Waals surface area contributed by atoms with Crippen LogP contribution in [0.3, 0.4) is 0 Å². The van der Waals surface area contributed by atoms with Crippen molar-refractivity contribution in [2.24, 2.45) is 0 Å². The summed E-state index contributed by atoms with van der Waals surface area (Å²) in [6, 6.07) is 10.2. The van der Waals surface area contributed by atoms with Crippen molar-refractivity contribution in [1.82, 2.24) is 0 Å². The van der Waals surface area contributed by atoms with Crippen LogP contribution >= 0.6 is 0 Å². The minimum atomic E-state index is -0.0472. The fourth-order valence-corrected chi connectivity index (χ4v) is 2.04. The van der Waals surface area contributed by atoms with Crippen LogP contribution in [0.4, 0.5) is 0 Å². The first-order valence-corrected chi connectivity index (χ1v) is 6.18. The van der Waals surface area contributed by atoms with E-state index in [0.29, 0.717) is 13.2 Å². The van der Waals surface area contributed by atoms with Gasteiger partial charge < -0.3 is 14.2 Å². The van der Waals surface area contributed by atoms with Crippen molar-refractivity contribution in [3.8, 4) is 0 Å².